The zero-order valence-electron chi connectivity index (χ0n) is 22.8. The second-order valence-corrected chi connectivity index (χ2v) is 14.5. The number of rotatable bonds is 8. The number of hydrogen-bond donors (Lipinski definition) is 2. The molecule has 10 rings (SSSR count). The van der Waals surface area contributed by atoms with Gasteiger partial charge in [0.25, 0.3) is 0 Å². The van der Waals surface area contributed by atoms with Crippen molar-refractivity contribution in [3.63, 3.8) is 0 Å². The lowest BCUT2D eigenvalue weighted by atomic mass is 9.46. The predicted octanol–water partition coefficient (Wildman–Crippen LogP) is 6.52. The molecule has 8 saturated carbocycles. The van der Waals surface area contributed by atoms with Crippen molar-refractivity contribution < 1.29 is 19.7 Å². The molecule has 4 nitrogen and oxygen atoms in total. The minimum absolute atomic E-state index is 0.0235. The Morgan fingerprint density at radius 1 is 0.579 bits per heavy atom. The molecule has 0 amide bonds. The molecule has 0 radical (unpaired) electrons. The van der Waals surface area contributed by atoms with E-state index in [0.717, 1.165) is 47.0 Å². The molecule has 2 aromatic rings. The van der Waals surface area contributed by atoms with Gasteiger partial charge in [-0.05, 0) is 153 Å². The maximum absolute atomic E-state index is 9.81. The molecular formula is C34H44O4. The summed E-state index contributed by atoms with van der Waals surface area (Å²) in [4.78, 5) is 0. The monoisotopic (exact) mass is 516 g/mol. The fourth-order valence-electron chi connectivity index (χ4n) is 11.6. The van der Waals surface area contributed by atoms with Crippen LogP contribution in [0, 0.1) is 35.5 Å². The number of aliphatic hydroxyl groups is 2. The first-order valence-electron chi connectivity index (χ1n) is 15.7. The number of fused-ring (bicyclic) bond motifs is 1. The van der Waals surface area contributed by atoms with E-state index < -0.39 is 0 Å². The van der Waals surface area contributed by atoms with E-state index in [1.54, 1.807) is 5.56 Å². The van der Waals surface area contributed by atoms with Gasteiger partial charge in [0.15, 0.2) is 0 Å². The van der Waals surface area contributed by atoms with Crippen molar-refractivity contribution in [2.24, 2.45) is 35.5 Å². The lowest BCUT2D eigenvalue weighted by molar-refractivity contribution is -0.00877. The van der Waals surface area contributed by atoms with Crippen LogP contribution in [-0.4, -0.2) is 36.6 Å². The van der Waals surface area contributed by atoms with E-state index in [2.05, 4.69) is 24.3 Å². The van der Waals surface area contributed by atoms with Crippen LogP contribution in [0.25, 0.3) is 10.8 Å². The summed E-state index contributed by atoms with van der Waals surface area (Å²) in [6.07, 6.45) is 16.6. The van der Waals surface area contributed by atoms with Crippen LogP contribution in [0.2, 0.25) is 0 Å². The molecule has 38 heavy (non-hydrogen) atoms. The fourth-order valence-corrected chi connectivity index (χ4v) is 11.6. The zero-order chi connectivity index (χ0) is 25.5. The normalized spacial score (nSPS) is 40.3. The van der Waals surface area contributed by atoms with Crippen LogP contribution in [0.15, 0.2) is 24.3 Å². The van der Waals surface area contributed by atoms with Crippen LogP contribution < -0.4 is 9.47 Å². The molecule has 0 unspecified atom stereocenters. The van der Waals surface area contributed by atoms with Gasteiger partial charge in [-0.25, -0.2) is 0 Å². The Hall–Kier alpha value is -1.78. The SMILES string of the molecule is OCCOc1ccc2c(OCCO)c(C34CC5CC(CC(C5)C3)C4)cc(C34CC5CC(CC(C5)C3)C4)c2c1. The summed E-state index contributed by atoms with van der Waals surface area (Å²) in [6.45, 7) is 0.720. The van der Waals surface area contributed by atoms with E-state index in [-0.39, 0.29) is 24.0 Å². The molecule has 0 aliphatic heterocycles. The van der Waals surface area contributed by atoms with Crippen molar-refractivity contribution >= 4 is 10.8 Å². The summed E-state index contributed by atoms with van der Waals surface area (Å²) < 4.78 is 12.5. The highest BCUT2D eigenvalue weighted by Gasteiger charge is 2.55. The minimum Gasteiger partial charge on any atom is -0.491 e. The lowest BCUT2D eigenvalue weighted by Gasteiger charge is -2.59. The Kier molecular flexibility index (Phi) is 5.61. The summed E-state index contributed by atoms with van der Waals surface area (Å²) in [5, 5.41) is 21.7. The first kappa shape index (κ1) is 24.1. The maximum Gasteiger partial charge on any atom is 0.131 e. The number of aliphatic hydroxyl groups excluding tert-OH is 2. The van der Waals surface area contributed by atoms with Gasteiger partial charge in [-0.1, -0.05) is 6.07 Å². The molecule has 0 saturated heterocycles. The van der Waals surface area contributed by atoms with Gasteiger partial charge in [0.05, 0.1) is 13.2 Å². The second-order valence-electron chi connectivity index (χ2n) is 14.5. The Morgan fingerprint density at radius 3 is 1.55 bits per heavy atom. The van der Waals surface area contributed by atoms with E-state index >= 15 is 0 Å². The largest absolute Gasteiger partial charge is 0.491 e. The standard InChI is InChI=1S/C34H44O4/c35-3-5-37-27-1-2-28-29(13-27)30(33-15-21-7-22(16-33)9-23(8-21)17-33)14-31(32(28)38-6-4-36)34-18-24-10-25(19-34)12-26(11-24)20-34/h1-2,13-14,21-26,35-36H,3-12,15-20H2. The molecule has 8 aliphatic carbocycles. The molecule has 0 aromatic heterocycles. The van der Waals surface area contributed by atoms with E-state index in [1.165, 1.54) is 93.4 Å². The summed E-state index contributed by atoms with van der Waals surface area (Å²) in [5.41, 5.74) is 3.56. The molecule has 0 spiro atoms. The highest BCUT2D eigenvalue weighted by molar-refractivity contribution is 5.95. The van der Waals surface area contributed by atoms with Crippen LogP contribution in [0.3, 0.4) is 0 Å². The topological polar surface area (TPSA) is 58.9 Å². The van der Waals surface area contributed by atoms with E-state index in [0.29, 0.717) is 13.2 Å². The van der Waals surface area contributed by atoms with Crippen LogP contribution in [0.1, 0.15) is 88.2 Å². The Balaban J connectivity index is 1.35. The van der Waals surface area contributed by atoms with Crippen LogP contribution in [0.5, 0.6) is 11.5 Å². The van der Waals surface area contributed by atoms with E-state index in [9.17, 15) is 10.2 Å². The van der Waals surface area contributed by atoms with Crippen LogP contribution >= 0.6 is 0 Å². The molecule has 8 fully saturated rings. The van der Waals surface area contributed by atoms with Crippen molar-refractivity contribution in [1.82, 2.24) is 0 Å². The van der Waals surface area contributed by atoms with Crippen molar-refractivity contribution in [3.8, 4) is 11.5 Å². The number of hydrogen-bond acceptors (Lipinski definition) is 4. The number of benzene rings is 2. The van der Waals surface area contributed by atoms with Gasteiger partial charge in [0.2, 0.25) is 0 Å². The second kappa shape index (κ2) is 8.86. The van der Waals surface area contributed by atoms with Gasteiger partial charge in [0.1, 0.15) is 24.7 Å². The molecule has 2 aromatic carbocycles. The van der Waals surface area contributed by atoms with Crippen molar-refractivity contribution in [3.05, 3.63) is 35.4 Å². The van der Waals surface area contributed by atoms with Crippen molar-refractivity contribution in [2.45, 2.75) is 87.9 Å². The third-order valence-electron chi connectivity index (χ3n) is 12.0. The molecule has 4 heteroatoms. The summed E-state index contributed by atoms with van der Waals surface area (Å²) >= 11 is 0. The molecule has 0 heterocycles. The molecular weight excluding hydrogens is 472 g/mol. The van der Waals surface area contributed by atoms with E-state index in [1.807, 2.05) is 0 Å². The fraction of sp³-hybridized carbons (Fsp3) is 0.706. The third-order valence-corrected chi connectivity index (χ3v) is 12.0. The first-order valence-corrected chi connectivity index (χ1v) is 15.7. The highest BCUT2D eigenvalue weighted by Crippen LogP contribution is 2.65. The molecule has 8 aliphatic rings. The summed E-state index contributed by atoms with van der Waals surface area (Å²) in [5.74, 6) is 7.17. The smallest absolute Gasteiger partial charge is 0.131 e. The molecule has 2 N–H and O–H groups in total. The Labute approximate surface area is 227 Å². The van der Waals surface area contributed by atoms with Crippen molar-refractivity contribution in [1.29, 1.82) is 0 Å². The van der Waals surface area contributed by atoms with Crippen molar-refractivity contribution in [2.75, 3.05) is 26.4 Å². The molecule has 8 bridgehead atoms. The van der Waals surface area contributed by atoms with Gasteiger partial charge in [0, 0.05) is 10.9 Å². The predicted molar refractivity (Wildman–Crippen MR) is 149 cm³/mol. The van der Waals surface area contributed by atoms with Gasteiger partial charge >= 0.3 is 0 Å². The molecule has 204 valence electrons. The van der Waals surface area contributed by atoms with Crippen LogP contribution in [0.4, 0.5) is 0 Å². The summed E-state index contributed by atoms with van der Waals surface area (Å²) in [7, 11) is 0. The zero-order valence-corrected chi connectivity index (χ0v) is 22.8. The van der Waals surface area contributed by atoms with Crippen LogP contribution in [-0.2, 0) is 10.8 Å². The maximum atomic E-state index is 9.81. The van der Waals surface area contributed by atoms with Gasteiger partial charge in [-0.3, -0.25) is 0 Å². The van der Waals surface area contributed by atoms with Gasteiger partial charge in [-0.2, -0.15) is 0 Å². The Bertz CT molecular complexity index is 1160. The Morgan fingerprint density at radius 2 is 1.05 bits per heavy atom. The van der Waals surface area contributed by atoms with Gasteiger partial charge in [-0.15, -0.1) is 0 Å². The average molecular weight is 517 g/mol. The number of ether oxygens (including phenoxy) is 2. The average Bonchev–Trinajstić information content (AvgIpc) is 2.88. The summed E-state index contributed by atoms with van der Waals surface area (Å²) in [6, 6.07) is 9.19. The minimum atomic E-state index is 0.0235. The first-order chi connectivity index (χ1) is 18.6. The third kappa shape index (κ3) is 3.69. The van der Waals surface area contributed by atoms with E-state index in [4.69, 9.17) is 9.47 Å². The highest BCUT2D eigenvalue weighted by atomic mass is 16.5. The van der Waals surface area contributed by atoms with Gasteiger partial charge < -0.3 is 19.7 Å². The molecule has 0 atom stereocenters. The lowest BCUT2D eigenvalue weighted by Crippen LogP contribution is -2.50. The quantitative estimate of drug-likeness (QED) is 0.420.